The number of nitrogens with zero attached hydrogens (tertiary/aromatic N) is 7. The fraction of sp³-hybridized carbons (Fsp3) is 0.483. The zero-order valence-corrected chi connectivity index (χ0v) is 22.9. The number of aromatic nitrogens is 4. The third kappa shape index (κ3) is 8.16. The lowest BCUT2D eigenvalue weighted by molar-refractivity contribution is -0.132. The molecule has 0 saturated heterocycles. The molecule has 0 saturated carbocycles. The molecule has 4 rings (SSSR count). The van der Waals surface area contributed by atoms with Gasteiger partial charge in [0.05, 0.1) is 5.56 Å². The van der Waals surface area contributed by atoms with Gasteiger partial charge in [0, 0.05) is 57.2 Å². The van der Waals surface area contributed by atoms with E-state index in [0.717, 1.165) is 32.5 Å². The lowest BCUT2D eigenvalue weighted by atomic mass is 10.1. The Hall–Kier alpha value is -3.66. The average molecular weight is 536 g/mol. The van der Waals surface area contributed by atoms with Crippen molar-refractivity contribution in [1.29, 1.82) is 0 Å². The van der Waals surface area contributed by atoms with E-state index in [4.69, 9.17) is 0 Å². The van der Waals surface area contributed by atoms with Gasteiger partial charge in [-0.3, -0.25) is 19.3 Å². The number of fused-ring (bicyclic) bond motifs is 1. The summed E-state index contributed by atoms with van der Waals surface area (Å²) in [7, 11) is 0. The summed E-state index contributed by atoms with van der Waals surface area (Å²) < 4.78 is 16.2. The molecule has 208 valence electrons. The first-order chi connectivity index (χ1) is 18.9. The number of pyridine rings is 1. The largest absolute Gasteiger partial charge is 0.338 e. The Morgan fingerprint density at radius 1 is 1.05 bits per heavy atom. The van der Waals surface area contributed by atoms with E-state index in [1.165, 1.54) is 18.5 Å². The second-order valence-corrected chi connectivity index (χ2v) is 10.5. The molecule has 10 heteroatoms. The minimum Gasteiger partial charge on any atom is -0.338 e. The second-order valence-electron chi connectivity index (χ2n) is 10.5. The molecule has 1 aromatic carbocycles. The molecule has 0 unspecified atom stereocenters. The number of carbonyl (C=O) groups is 2. The number of hydrogen-bond acceptors (Lipinski definition) is 6. The van der Waals surface area contributed by atoms with E-state index >= 15 is 0 Å². The lowest BCUT2D eigenvalue weighted by Crippen LogP contribution is -2.39. The molecule has 0 atom stereocenters. The van der Waals surface area contributed by atoms with Gasteiger partial charge in [-0.2, -0.15) is 5.10 Å². The van der Waals surface area contributed by atoms with Gasteiger partial charge in [-0.15, -0.1) is 0 Å². The molecule has 3 heterocycles. The molecular formula is C29H38FN7O2. The molecule has 2 aromatic heterocycles. The number of benzene rings is 1. The highest BCUT2D eigenvalue weighted by atomic mass is 19.1. The zero-order chi connectivity index (χ0) is 27.6. The molecule has 0 fully saturated rings. The molecule has 39 heavy (non-hydrogen) atoms. The zero-order valence-electron chi connectivity index (χ0n) is 22.9. The van der Waals surface area contributed by atoms with E-state index in [2.05, 4.69) is 33.8 Å². The fourth-order valence-electron chi connectivity index (χ4n) is 5.07. The molecule has 2 amide bonds. The smallest absolute Gasteiger partial charge is 0.259 e. The van der Waals surface area contributed by atoms with Crippen molar-refractivity contribution in [2.24, 2.45) is 5.92 Å². The van der Waals surface area contributed by atoms with Crippen LogP contribution < -0.4 is 4.90 Å². The van der Waals surface area contributed by atoms with Crippen LogP contribution in [0.15, 0.2) is 55.4 Å². The summed E-state index contributed by atoms with van der Waals surface area (Å²) in [6, 6.07) is 7.96. The summed E-state index contributed by atoms with van der Waals surface area (Å²) in [5.41, 5.74) is 1.72. The number of hydrogen-bond donors (Lipinski definition) is 0. The van der Waals surface area contributed by atoms with Crippen molar-refractivity contribution < 1.29 is 14.0 Å². The lowest BCUT2D eigenvalue weighted by Gasteiger charge is -2.32. The summed E-state index contributed by atoms with van der Waals surface area (Å²) in [5.74, 6) is -0.0716. The van der Waals surface area contributed by atoms with Crippen LogP contribution in [0.25, 0.3) is 0 Å². The van der Waals surface area contributed by atoms with Crippen molar-refractivity contribution in [1.82, 2.24) is 29.5 Å². The Morgan fingerprint density at radius 3 is 2.59 bits per heavy atom. The predicted molar refractivity (Wildman–Crippen MR) is 147 cm³/mol. The highest BCUT2D eigenvalue weighted by Crippen LogP contribution is 2.26. The van der Waals surface area contributed by atoms with Crippen LogP contribution >= 0.6 is 0 Å². The van der Waals surface area contributed by atoms with Crippen LogP contribution in [0.2, 0.25) is 0 Å². The van der Waals surface area contributed by atoms with Gasteiger partial charge < -0.3 is 14.7 Å². The van der Waals surface area contributed by atoms with Gasteiger partial charge in [0.2, 0.25) is 5.91 Å². The molecular weight excluding hydrogens is 497 g/mol. The monoisotopic (exact) mass is 535 g/mol. The molecule has 0 aliphatic carbocycles. The van der Waals surface area contributed by atoms with E-state index in [1.807, 2.05) is 4.90 Å². The molecule has 0 radical (unpaired) electrons. The third-order valence-electron chi connectivity index (χ3n) is 6.83. The molecule has 3 aromatic rings. The minimum absolute atomic E-state index is 0.00271. The molecule has 1 aliphatic rings. The molecule has 0 spiro atoms. The Labute approximate surface area is 229 Å². The number of amides is 2. The fourth-order valence-corrected chi connectivity index (χ4v) is 5.07. The van der Waals surface area contributed by atoms with Crippen molar-refractivity contribution in [3.63, 3.8) is 0 Å². The van der Waals surface area contributed by atoms with Crippen LogP contribution in [0.4, 0.5) is 10.1 Å². The maximum Gasteiger partial charge on any atom is 0.259 e. The summed E-state index contributed by atoms with van der Waals surface area (Å²) in [6.07, 6.45) is 8.87. The Morgan fingerprint density at radius 2 is 1.87 bits per heavy atom. The van der Waals surface area contributed by atoms with Crippen LogP contribution in [-0.2, 0) is 17.9 Å². The standard InChI is InChI=1S/C29H38FN7O2/c1-23(2)19-34-12-5-14-35(28(38)8-4-15-36-22-32-21-33-36)20-25-17-26(30)9-10-27(25)37(16-6-13-34)29(39)24-7-3-11-31-18-24/h3,7,9-11,17-18,21-23H,4-6,8,12-16,19-20H2,1-2H3. The first kappa shape index (κ1) is 28.4. The molecule has 0 bridgehead atoms. The number of rotatable bonds is 7. The maximum atomic E-state index is 14.5. The summed E-state index contributed by atoms with van der Waals surface area (Å²) in [6.45, 7) is 8.90. The van der Waals surface area contributed by atoms with Gasteiger partial charge in [0.1, 0.15) is 18.5 Å². The van der Waals surface area contributed by atoms with E-state index in [9.17, 15) is 14.0 Å². The SMILES string of the molecule is CC(C)CN1CCCN(C(=O)CCCn2cncn2)Cc2cc(F)ccc2N(C(=O)c2cccnc2)CCC1. The van der Waals surface area contributed by atoms with Crippen LogP contribution in [0.5, 0.6) is 0 Å². The quantitative estimate of drug-likeness (QED) is 0.454. The van der Waals surface area contributed by atoms with Gasteiger partial charge in [-0.05, 0) is 74.2 Å². The highest BCUT2D eigenvalue weighted by molar-refractivity contribution is 6.06. The minimum atomic E-state index is -0.392. The van der Waals surface area contributed by atoms with Gasteiger partial charge >= 0.3 is 0 Å². The Kier molecular flexibility index (Phi) is 10.1. The van der Waals surface area contributed by atoms with E-state index in [1.54, 1.807) is 46.5 Å². The molecule has 1 aliphatic heterocycles. The maximum absolute atomic E-state index is 14.5. The van der Waals surface area contributed by atoms with Crippen LogP contribution in [0.3, 0.4) is 0 Å². The summed E-state index contributed by atoms with van der Waals surface area (Å²) in [4.78, 5) is 41.1. The van der Waals surface area contributed by atoms with Crippen molar-refractivity contribution >= 4 is 17.5 Å². The van der Waals surface area contributed by atoms with Crippen molar-refractivity contribution in [3.8, 4) is 0 Å². The number of halogens is 1. The van der Waals surface area contributed by atoms with Gasteiger partial charge in [-0.25, -0.2) is 9.37 Å². The number of anilines is 1. The van der Waals surface area contributed by atoms with E-state index < -0.39 is 5.82 Å². The van der Waals surface area contributed by atoms with Crippen molar-refractivity contribution in [2.75, 3.05) is 37.6 Å². The third-order valence-corrected chi connectivity index (χ3v) is 6.83. The first-order valence-corrected chi connectivity index (χ1v) is 13.7. The normalized spacial score (nSPS) is 15.5. The van der Waals surface area contributed by atoms with E-state index in [-0.39, 0.29) is 18.4 Å². The second kappa shape index (κ2) is 13.9. The average Bonchev–Trinajstić information content (AvgIpc) is 3.43. The Balaban J connectivity index is 1.62. The van der Waals surface area contributed by atoms with Crippen LogP contribution in [0, 0.1) is 11.7 Å². The molecule has 9 nitrogen and oxygen atoms in total. The van der Waals surface area contributed by atoms with Crippen LogP contribution in [0.1, 0.15) is 55.5 Å². The predicted octanol–water partition coefficient (Wildman–Crippen LogP) is 4.02. The molecule has 0 N–H and O–H groups in total. The van der Waals surface area contributed by atoms with Crippen molar-refractivity contribution in [3.05, 3.63) is 72.3 Å². The summed E-state index contributed by atoms with van der Waals surface area (Å²) in [5, 5.41) is 4.11. The van der Waals surface area contributed by atoms with E-state index in [0.29, 0.717) is 55.2 Å². The summed E-state index contributed by atoms with van der Waals surface area (Å²) >= 11 is 0. The highest BCUT2D eigenvalue weighted by Gasteiger charge is 2.24. The van der Waals surface area contributed by atoms with Gasteiger partial charge in [0.25, 0.3) is 5.91 Å². The Bertz CT molecular complexity index is 1200. The number of aryl methyl sites for hydroxylation is 1. The number of carbonyl (C=O) groups excluding carboxylic acids is 2. The first-order valence-electron chi connectivity index (χ1n) is 13.7. The topological polar surface area (TPSA) is 87.5 Å². The van der Waals surface area contributed by atoms with Gasteiger partial charge in [0.15, 0.2) is 0 Å². The van der Waals surface area contributed by atoms with Gasteiger partial charge in [-0.1, -0.05) is 13.8 Å². The van der Waals surface area contributed by atoms with Crippen molar-refractivity contribution in [2.45, 2.75) is 52.6 Å². The van der Waals surface area contributed by atoms with Crippen LogP contribution in [-0.4, -0.2) is 74.1 Å².